The molecule has 122 valence electrons. The number of nitrogens with zero attached hydrogens (tertiary/aromatic N) is 5. The van der Waals surface area contributed by atoms with E-state index >= 15 is 0 Å². The van der Waals surface area contributed by atoms with E-state index in [0.29, 0.717) is 13.0 Å². The van der Waals surface area contributed by atoms with Gasteiger partial charge in [0, 0.05) is 50.4 Å². The van der Waals surface area contributed by atoms with Gasteiger partial charge in [-0.15, -0.1) is 5.10 Å². The van der Waals surface area contributed by atoms with Crippen molar-refractivity contribution in [2.75, 3.05) is 31.2 Å². The third-order valence-corrected chi connectivity index (χ3v) is 4.93. The van der Waals surface area contributed by atoms with Crippen molar-refractivity contribution in [2.45, 2.75) is 25.3 Å². The van der Waals surface area contributed by atoms with Gasteiger partial charge in [0.05, 0.1) is 6.67 Å². The summed E-state index contributed by atoms with van der Waals surface area (Å²) in [5, 5.41) is 4.57. The van der Waals surface area contributed by atoms with Crippen LogP contribution in [0.15, 0.2) is 24.5 Å². The number of halogens is 1. The molecule has 2 fully saturated rings. The van der Waals surface area contributed by atoms with Crippen molar-refractivity contribution in [3.8, 4) is 0 Å². The second-order valence-corrected chi connectivity index (χ2v) is 6.41. The number of likely N-dealkylation sites (tertiary alicyclic amines) is 1. The largest absolute Gasteiger partial charge is 0.355 e. The first-order valence-corrected chi connectivity index (χ1v) is 8.15. The molecule has 1 unspecified atom stereocenters. The minimum atomic E-state index is -0.393. The molecule has 2 aromatic heterocycles. The molecule has 0 saturated carbocycles. The highest BCUT2D eigenvalue weighted by atomic mass is 19.1. The molecule has 23 heavy (non-hydrogen) atoms. The Morgan fingerprint density at radius 2 is 2.09 bits per heavy atom. The lowest BCUT2D eigenvalue weighted by molar-refractivity contribution is -0.130. The normalized spacial score (nSPS) is 23.2. The predicted molar refractivity (Wildman–Crippen MR) is 84.0 cm³/mol. The first-order chi connectivity index (χ1) is 11.2. The SMILES string of the molecule is O=C1CC(CF)CN1C1CCN(c2ccc3nccn3n2)CC1. The molecule has 0 N–H and O–H groups in total. The number of hydrogen-bond donors (Lipinski definition) is 0. The summed E-state index contributed by atoms with van der Waals surface area (Å²) < 4.78 is 14.6. The summed E-state index contributed by atoms with van der Waals surface area (Å²) in [6.45, 7) is 1.92. The van der Waals surface area contributed by atoms with Crippen molar-refractivity contribution < 1.29 is 9.18 Å². The van der Waals surface area contributed by atoms with E-state index in [-0.39, 0.29) is 17.9 Å². The molecule has 2 aliphatic rings. The topological polar surface area (TPSA) is 53.7 Å². The van der Waals surface area contributed by atoms with E-state index in [0.717, 1.165) is 37.4 Å². The monoisotopic (exact) mass is 317 g/mol. The minimum Gasteiger partial charge on any atom is -0.355 e. The summed E-state index contributed by atoms with van der Waals surface area (Å²) in [6.07, 6.45) is 5.77. The quantitative estimate of drug-likeness (QED) is 0.861. The average Bonchev–Trinajstić information content (AvgIpc) is 3.20. The Labute approximate surface area is 133 Å². The van der Waals surface area contributed by atoms with Crippen LogP contribution < -0.4 is 4.90 Å². The Bertz CT molecular complexity index is 709. The van der Waals surface area contributed by atoms with Crippen molar-refractivity contribution >= 4 is 17.4 Å². The third-order valence-electron chi connectivity index (χ3n) is 4.93. The van der Waals surface area contributed by atoms with Crippen molar-refractivity contribution in [2.24, 2.45) is 5.92 Å². The van der Waals surface area contributed by atoms with Crippen LogP contribution in [0, 0.1) is 5.92 Å². The zero-order valence-electron chi connectivity index (χ0n) is 12.9. The molecule has 2 aliphatic heterocycles. The van der Waals surface area contributed by atoms with E-state index in [1.54, 1.807) is 10.7 Å². The van der Waals surface area contributed by atoms with Crippen LogP contribution in [0.25, 0.3) is 5.65 Å². The van der Waals surface area contributed by atoms with Crippen molar-refractivity contribution in [1.82, 2.24) is 19.5 Å². The van der Waals surface area contributed by atoms with E-state index in [1.807, 2.05) is 23.2 Å². The molecule has 6 nitrogen and oxygen atoms in total. The average molecular weight is 317 g/mol. The number of alkyl halides is 1. The predicted octanol–water partition coefficient (Wildman–Crippen LogP) is 1.52. The molecule has 0 bridgehead atoms. The van der Waals surface area contributed by atoms with Gasteiger partial charge in [-0.2, -0.15) is 0 Å². The van der Waals surface area contributed by atoms with Crippen LogP contribution in [0.5, 0.6) is 0 Å². The number of amides is 1. The Hall–Kier alpha value is -2.18. The highest BCUT2D eigenvalue weighted by molar-refractivity contribution is 5.79. The summed E-state index contributed by atoms with van der Waals surface area (Å²) in [4.78, 5) is 20.4. The Morgan fingerprint density at radius 3 is 2.83 bits per heavy atom. The van der Waals surface area contributed by atoms with Crippen molar-refractivity contribution in [3.63, 3.8) is 0 Å². The molecular weight excluding hydrogens is 297 g/mol. The number of hydrogen-bond acceptors (Lipinski definition) is 4. The molecule has 4 rings (SSSR count). The molecule has 0 radical (unpaired) electrons. The summed E-state index contributed by atoms with van der Waals surface area (Å²) in [6, 6.07) is 4.19. The second kappa shape index (κ2) is 5.79. The molecule has 7 heteroatoms. The van der Waals surface area contributed by atoms with Gasteiger partial charge in [-0.3, -0.25) is 9.18 Å². The zero-order chi connectivity index (χ0) is 15.8. The molecule has 0 aliphatic carbocycles. The lowest BCUT2D eigenvalue weighted by Crippen LogP contribution is -2.46. The van der Waals surface area contributed by atoms with Crippen LogP contribution in [0.4, 0.5) is 10.2 Å². The van der Waals surface area contributed by atoms with Gasteiger partial charge >= 0.3 is 0 Å². The molecule has 0 aromatic carbocycles. The molecule has 1 amide bonds. The molecule has 2 saturated heterocycles. The van der Waals surface area contributed by atoms with Crippen molar-refractivity contribution in [1.29, 1.82) is 0 Å². The minimum absolute atomic E-state index is 0.106. The summed E-state index contributed by atoms with van der Waals surface area (Å²) in [5.41, 5.74) is 0.837. The van der Waals surface area contributed by atoms with Crippen LogP contribution in [0.3, 0.4) is 0 Å². The number of rotatable bonds is 3. The van der Waals surface area contributed by atoms with E-state index in [1.165, 1.54) is 0 Å². The number of aromatic nitrogens is 3. The number of carbonyl (C=O) groups is 1. The standard InChI is InChI=1S/C16H20FN5O/c17-10-12-9-16(23)21(11-12)13-3-6-20(7-4-13)15-2-1-14-18-5-8-22(14)19-15/h1-2,5,8,12-13H,3-4,6-7,9-11H2. The molecule has 4 heterocycles. The van der Waals surface area contributed by atoms with Crippen LogP contribution in [0.2, 0.25) is 0 Å². The maximum atomic E-state index is 12.8. The van der Waals surface area contributed by atoms with Gasteiger partial charge in [-0.05, 0) is 25.0 Å². The van der Waals surface area contributed by atoms with E-state index in [9.17, 15) is 9.18 Å². The number of fused-ring (bicyclic) bond motifs is 1. The van der Waals surface area contributed by atoms with E-state index in [2.05, 4.69) is 15.0 Å². The van der Waals surface area contributed by atoms with Gasteiger partial charge in [0.25, 0.3) is 0 Å². The lowest BCUT2D eigenvalue weighted by Gasteiger charge is -2.37. The summed E-state index contributed by atoms with van der Waals surface area (Å²) >= 11 is 0. The molecule has 1 atom stereocenters. The van der Waals surface area contributed by atoms with Crippen LogP contribution in [-0.4, -0.2) is 57.8 Å². The van der Waals surface area contributed by atoms with E-state index < -0.39 is 6.67 Å². The van der Waals surface area contributed by atoms with Crippen LogP contribution >= 0.6 is 0 Å². The van der Waals surface area contributed by atoms with Crippen molar-refractivity contribution in [3.05, 3.63) is 24.5 Å². The smallest absolute Gasteiger partial charge is 0.223 e. The summed E-state index contributed by atoms with van der Waals surface area (Å²) in [7, 11) is 0. The van der Waals surface area contributed by atoms with Gasteiger partial charge in [-0.1, -0.05) is 0 Å². The second-order valence-electron chi connectivity index (χ2n) is 6.41. The molecule has 2 aromatic rings. The van der Waals surface area contributed by atoms with Gasteiger partial charge < -0.3 is 9.80 Å². The number of anilines is 1. The first kappa shape index (κ1) is 14.4. The maximum Gasteiger partial charge on any atom is 0.223 e. The number of imidazole rings is 1. The first-order valence-electron chi connectivity index (χ1n) is 8.15. The lowest BCUT2D eigenvalue weighted by atomic mass is 10.0. The Balaban J connectivity index is 1.41. The third kappa shape index (κ3) is 2.64. The Morgan fingerprint density at radius 1 is 1.26 bits per heavy atom. The number of piperidine rings is 1. The van der Waals surface area contributed by atoms with Crippen LogP contribution in [-0.2, 0) is 4.79 Å². The summed E-state index contributed by atoms with van der Waals surface area (Å²) in [5.74, 6) is 0.943. The number of carbonyl (C=O) groups excluding carboxylic acids is 1. The highest BCUT2D eigenvalue weighted by Crippen LogP contribution is 2.27. The van der Waals surface area contributed by atoms with Gasteiger partial charge in [0.2, 0.25) is 5.91 Å². The fourth-order valence-electron chi connectivity index (χ4n) is 3.65. The van der Waals surface area contributed by atoms with Gasteiger partial charge in [-0.25, -0.2) is 9.50 Å². The Kier molecular flexibility index (Phi) is 3.63. The van der Waals surface area contributed by atoms with Gasteiger partial charge in [0.1, 0.15) is 5.82 Å². The highest BCUT2D eigenvalue weighted by Gasteiger charge is 2.35. The van der Waals surface area contributed by atoms with Crippen LogP contribution in [0.1, 0.15) is 19.3 Å². The molecule has 0 spiro atoms. The van der Waals surface area contributed by atoms with Gasteiger partial charge in [0.15, 0.2) is 5.65 Å². The fourth-order valence-corrected chi connectivity index (χ4v) is 3.65. The zero-order valence-corrected chi connectivity index (χ0v) is 12.9. The fraction of sp³-hybridized carbons (Fsp3) is 0.562. The maximum absolute atomic E-state index is 12.8. The molecular formula is C16H20FN5O. The van der Waals surface area contributed by atoms with E-state index in [4.69, 9.17) is 0 Å².